The summed E-state index contributed by atoms with van der Waals surface area (Å²) in [6.07, 6.45) is 5.47. The van der Waals surface area contributed by atoms with Gasteiger partial charge < -0.3 is 0 Å². The number of aryl methyl sites for hydroxylation is 1. The Kier molecular flexibility index (Phi) is 8.56. The molecule has 1 heterocycles. The molecular formula is C19H23NO3S2. The second kappa shape index (κ2) is 10.1. The van der Waals surface area contributed by atoms with Crippen LogP contribution in [0.25, 0.3) is 11.6 Å². The molecule has 1 aromatic carbocycles. The lowest BCUT2D eigenvalue weighted by molar-refractivity contribution is 0.403. The van der Waals surface area contributed by atoms with Crippen molar-refractivity contribution >= 4 is 33.1 Å². The highest BCUT2D eigenvalue weighted by Crippen LogP contribution is 2.11. The van der Waals surface area contributed by atoms with Crippen LogP contribution in [-0.4, -0.2) is 21.8 Å². The molecule has 0 unspecified atom stereocenters. The van der Waals surface area contributed by atoms with E-state index in [4.69, 9.17) is 0 Å². The highest BCUT2D eigenvalue weighted by Gasteiger charge is 2.02. The van der Waals surface area contributed by atoms with Gasteiger partial charge in [0.1, 0.15) is 6.07 Å². The zero-order valence-electron chi connectivity index (χ0n) is 14.9. The van der Waals surface area contributed by atoms with Gasteiger partial charge in [-0.05, 0) is 31.0 Å². The molecule has 2 rings (SSSR count). The van der Waals surface area contributed by atoms with Crippen molar-refractivity contribution in [2.75, 3.05) is 13.4 Å². The van der Waals surface area contributed by atoms with Crippen LogP contribution in [0.15, 0.2) is 36.4 Å². The molecule has 0 aliphatic carbocycles. The normalized spacial score (nSPS) is 12.8. The van der Waals surface area contributed by atoms with Crippen LogP contribution in [0, 0.1) is 18.3 Å². The number of benzene rings is 1. The van der Waals surface area contributed by atoms with E-state index in [0.29, 0.717) is 0 Å². The molecule has 0 fully saturated rings. The zero-order chi connectivity index (χ0) is 18.9. The lowest BCUT2D eigenvalue weighted by Crippen LogP contribution is -2.00. The van der Waals surface area contributed by atoms with E-state index in [9.17, 15) is 13.7 Å². The fraction of sp³-hybridized carbons (Fsp3) is 0.316. The van der Waals surface area contributed by atoms with Gasteiger partial charge in [0.2, 0.25) is 0 Å². The number of rotatable bonds is 4. The van der Waals surface area contributed by atoms with Crippen molar-refractivity contribution in [3.05, 3.63) is 56.6 Å². The molecule has 0 radical (unpaired) electrons. The average Bonchev–Trinajstić information content (AvgIpc) is 3.04. The Morgan fingerprint density at radius 3 is 2.32 bits per heavy atom. The molecule has 0 aliphatic rings. The van der Waals surface area contributed by atoms with E-state index in [1.165, 1.54) is 10.1 Å². The first-order valence-corrected chi connectivity index (χ1v) is 10.5. The van der Waals surface area contributed by atoms with Crippen LogP contribution in [-0.2, 0) is 14.3 Å². The van der Waals surface area contributed by atoms with Crippen molar-refractivity contribution in [3.63, 3.8) is 0 Å². The molecule has 0 atom stereocenters. The van der Waals surface area contributed by atoms with E-state index in [-0.39, 0.29) is 0 Å². The third-order valence-electron chi connectivity index (χ3n) is 3.26. The summed E-state index contributed by atoms with van der Waals surface area (Å²) in [4.78, 5) is 0. The molecule has 0 aliphatic heterocycles. The van der Waals surface area contributed by atoms with Crippen LogP contribution in [0.3, 0.4) is 0 Å². The van der Waals surface area contributed by atoms with Gasteiger partial charge in [-0.1, -0.05) is 49.2 Å². The van der Waals surface area contributed by atoms with Crippen molar-refractivity contribution in [3.8, 4) is 6.07 Å². The molecule has 2 aromatic rings. The molecule has 0 bridgehead atoms. The molecule has 0 amide bonds. The van der Waals surface area contributed by atoms with Crippen molar-refractivity contribution in [1.29, 1.82) is 5.26 Å². The topological polar surface area (TPSA) is 67.2 Å². The highest BCUT2D eigenvalue weighted by atomic mass is 32.2. The van der Waals surface area contributed by atoms with Crippen molar-refractivity contribution in [1.82, 2.24) is 0 Å². The maximum Gasteiger partial charge on any atom is 0.264 e. The minimum absolute atomic E-state index is 0.765. The van der Waals surface area contributed by atoms with E-state index < -0.39 is 10.1 Å². The molecular weight excluding hydrogens is 354 g/mol. The van der Waals surface area contributed by atoms with Crippen LogP contribution in [0.4, 0.5) is 0 Å². The maximum atomic E-state index is 9.78. The summed E-state index contributed by atoms with van der Waals surface area (Å²) in [5, 5.41) is 9.40. The fourth-order valence-corrected chi connectivity index (χ4v) is 2.86. The average molecular weight is 378 g/mol. The SMILES string of the molecule is CCC/C=c1/cc/c(=C(\C#N)c2ccc(C)cc2)s1.COS(C)(=O)=O. The molecule has 1 aromatic heterocycles. The number of nitriles is 1. The first kappa shape index (κ1) is 21.1. The van der Waals surface area contributed by atoms with Crippen LogP contribution in [0.2, 0.25) is 0 Å². The first-order chi connectivity index (χ1) is 11.8. The van der Waals surface area contributed by atoms with Gasteiger partial charge >= 0.3 is 0 Å². The van der Waals surface area contributed by atoms with Gasteiger partial charge in [0, 0.05) is 9.06 Å². The fourth-order valence-electron chi connectivity index (χ4n) is 1.87. The minimum Gasteiger partial charge on any atom is -0.274 e. The summed E-state index contributed by atoms with van der Waals surface area (Å²) < 4.78 is 25.8. The summed E-state index contributed by atoms with van der Waals surface area (Å²) in [5.74, 6) is 0. The van der Waals surface area contributed by atoms with Gasteiger partial charge in [-0.25, -0.2) is 0 Å². The van der Waals surface area contributed by atoms with Gasteiger partial charge in [-0.15, -0.1) is 11.3 Å². The highest BCUT2D eigenvalue weighted by molar-refractivity contribution is 7.85. The van der Waals surface area contributed by atoms with Gasteiger partial charge in [0.25, 0.3) is 10.1 Å². The number of hydrogen-bond donors (Lipinski definition) is 0. The van der Waals surface area contributed by atoms with E-state index in [2.05, 4.69) is 36.2 Å². The number of unbranched alkanes of at least 4 members (excludes halogenated alkanes) is 1. The van der Waals surface area contributed by atoms with Crippen LogP contribution in [0.1, 0.15) is 30.9 Å². The predicted molar refractivity (Wildman–Crippen MR) is 104 cm³/mol. The van der Waals surface area contributed by atoms with E-state index in [1.54, 1.807) is 11.3 Å². The second-order valence-electron chi connectivity index (χ2n) is 5.42. The second-order valence-corrected chi connectivity index (χ2v) is 8.28. The lowest BCUT2D eigenvalue weighted by Gasteiger charge is -1.98. The molecule has 0 spiro atoms. The smallest absolute Gasteiger partial charge is 0.264 e. The Balaban J connectivity index is 0.000000450. The van der Waals surface area contributed by atoms with Crippen LogP contribution >= 0.6 is 11.3 Å². The van der Waals surface area contributed by atoms with Crippen LogP contribution < -0.4 is 9.06 Å². The Morgan fingerprint density at radius 1 is 1.24 bits per heavy atom. The molecule has 0 saturated heterocycles. The van der Waals surface area contributed by atoms with E-state index in [0.717, 1.165) is 41.9 Å². The number of nitrogens with zero attached hydrogens (tertiary/aromatic N) is 1. The monoisotopic (exact) mass is 377 g/mol. The standard InChI is InChI=1S/C17H17NS.C2H6O3S/c1-3-4-5-15-10-11-17(19-15)16(12-18)14-8-6-13(2)7-9-14;1-5-6(2,3)4/h5-11H,3-4H2,1-2H3;1-2H3/b15-5-,17-16-;. The minimum atomic E-state index is -3.16. The van der Waals surface area contributed by atoms with Gasteiger partial charge in [0.15, 0.2) is 0 Å². The van der Waals surface area contributed by atoms with Crippen molar-refractivity contribution in [2.24, 2.45) is 0 Å². The predicted octanol–water partition coefficient (Wildman–Crippen LogP) is 2.95. The maximum absolute atomic E-state index is 9.78. The Labute approximate surface area is 153 Å². The largest absolute Gasteiger partial charge is 0.274 e. The zero-order valence-corrected chi connectivity index (χ0v) is 16.6. The van der Waals surface area contributed by atoms with Gasteiger partial charge in [0.05, 0.1) is 18.9 Å². The Hall–Kier alpha value is -1.94. The Morgan fingerprint density at radius 2 is 1.84 bits per heavy atom. The first-order valence-electron chi connectivity index (χ1n) is 7.83. The summed E-state index contributed by atoms with van der Waals surface area (Å²) >= 11 is 1.69. The summed E-state index contributed by atoms with van der Waals surface area (Å²) in [6, 6.07) is 14.6. The van der Waals surface area contributed by atoms with Crippen LogP contribution in [0.5, 0.6) is 0 Å². The van der Waals surface area contributed by atoms with E-state index in [1.807, 2.05) is 30.3 Å². The number of hydrogen-bond acceptors (Lipinski definition) is 5. The van der Waals surface area contributed by atoms with E-state index >= 15 is 0 Å². The van der Waals surface area contributed by atoms with Crippen molar-refractivity contribution < 1.29 is 12.6 Å². The summed E-state index contributed by atoms with van der Waals surface area (Å²) in [5.41, 5.74) is 2.97. The number of thiophene rings is 1. The van der Waals surface area contributed by atoms with Crippen molar-refractivity contribution in [2.45, 2.75) is 26.7 Å². The molecule has 0 N–H and O–H groups in total. The third kappa shape index (κ3) is 7.65. The van der Waals surface area contributed by atoms with Gasteiger partial charge in [-0.3, -0.25) is 4.18 Å². The summed E-state index contributed by atoms with van der Waals surface area (Å²) in [6.45, 7) is 4.23. The van der Waals surface area contributed by atoms with Gasteiger partial charge in [-0.2, -0.15) is 13.7 Å². The molecule has 6 heteroatoms. The molecule has 25 heavy (non-hydrogen) atoms. The molecule has 4 nitrogen and oxygen atoms in total. The third-order valence-corrected chi connectivity index (χ3v) is 4.97. The molecule has 0 saturated carbocycles. The quantitative estimate of drug-likeness (QED) is 0.768. The summed E-state index contributed by atoms with van der Waals surface area (Å²) in [7, 11) is -2.04. The Bertz CT molecular complexity index is 934. The lowest BCUT2D eigenvalue weighted by atomic mass is 10.1. The molecule has 134 valence electrons.